The molecule has 0 radical (unpaired) electrons. The van der Waals surface area contributed by atoms with E-state index in [1.807, 2.05) is 4.90 Å². The number of carbonyl (C=O) groups excluding carboxylic acids is 2. The molecular formula is C11H7N5O2. The molecule has 7 heteroatoms. The third-order valence-corrected chi connectivity index (χ3v) is 2.78. The molecule has 7 nitrogen and oxygen atoms in total. The Morgan fingerprint density at radius 1 is 1.33 bits per heavy atom. The zero-order chi connectivity index (χ0) is 12.7. The summed E-state index contributed by atoms with van der Waals surface area (Å²) in [6.45, 7) is 1.76. The fourth-order valence-electron chi connectivity index (χ4n) is 1.83. The number of benzene rings is 1. The number of rotatable bonds is 2. The summed E-state index contributed by atoms with van der Waals surface area (Å²) in [7, 11) is 0. The second-order valence-electron chi connectivity index (χ2n) is 4.00. The van der Waals surface area contributed by atoms with Gasteiger partial charge in [-0.15, -0.1) is 0 Å². The van der Waals surface area contributed by atoms with E-state index in [1.54, 1.807) is 12.1 Å². The van der Waals surface area contributed by atoms with Gasteiger partial charge in [0, 0.05) is 35.0 Å². The third-order valence-electron chi connectivity index (χ3n) is 2.78. The molecule has 1 aromatic carbocycles. The maximum absolute atomic E-state index is 11.2. The SMILES string of the molecule is [N-]=[N+]=Nc1cc2c(cc1N1CC1)=NC(=O)C(=O)C=2. The normalized spacial score (nSPS) is 16.3. The Balaban J connectivity index is 2.31. The maximum atomic E-state index is 11.2. The minimum atomic E-state index is -0.768. The molecule has 3 rings (SSSR count). The van der Waals surface area contributed by atoms with Crippen LogP contribution in [0.25, 0.3) is 16.5 Å². The Labute approximate surface area is 101 Å². The zero-order valence-electron chi connectivity index (χ0n) is 9.20. The van der Waals surface area contributed by atoms with Crippen molar-refractivity contribution in [2.75, 3.05) is 18.0 Å². The summed E-state index contributed by atoms with van der Waals surface area (Å²) in [5.74, 6) is -1.43. The van der Waals surface area contributed by atoms with Crippen molar-refractivity contribution in [2.24, 2.45) is 10.1 Å². The van der Waals surface area contributed by atoms with Gasteiger partial charge in [-0.25, -0.2) is 4.99 Å². The molecule has 18 heavy (non-hydrogen) atoms. The van der Waals surface area contributed by atoms with Crippen LogP contribution in [0.4, 0.5) is 11.4 Å². The van der Waals surface area contributed by atoms with Crippen molar-refractivity contribution in [3.05, 3.63) is 33.2 Å². The van der Waals surface area contributed by atoms with Crippen LogP contribution < -0.4 is 15.5 Å². The number of hydrogen-bond donors (Lipinski definition) is 0. The van der Waals surface area contributed by atoms with Gasteiger partial charge in [0.25, 0.3) is 0 Å². The fourth-order valence-corrected chi connectivity index (χ4v) is 1.83. The number of amides is 1. The largest absolute Gasteiger partial charge is 0.368 e. The van der Waals surface area contributed by atoms with E-state index in [4.69, 9.17) is 5.53 Å². The summed E-state index contributed by atoms with van der Waals surface area (Å²) in [5, 5.41) is 4.55. The van der Waals surface area contributed by atoms with E-state index in [9.17, 15) is 9.59 Å². The van der Waals surface area contributed by atoms with Crippen molar-refractivity contribution in [1.29, 1.82) is 0 Å². The summed E-state index contributed by atoms with van der Waals surface area (Å²) in [6.07, 6.45) is 1.22. The van der Waals surface area contributed by atoms with E-state index in [1.165, 1.54) is 6.08 Å². The molecule has 0 atom stereocenters. The highest BCUT2D eigenvalue weighted by Gasteiger charge is 2.22. The summed E-state index contributed by atoms with van der Waals surface area (Å²) < 4.78 is 0. The van der Waals surface area contributed by atoms with Crippen LogP contribution in [0, 0.1) is 0 Å². The van der Waals surface area contributed by atoms with Crippen LogP contribution in [-0.2, 0) is 9.59 Å². The monoisotopic (exact) mass is 241 g/mol. The molecule has 0 spiro atoms. The molecule has 1 fully saturated rings. The molecule has 0 aliphatic carbocycles. The van der Waals surface area contributed by atoms with Crippen molar-refractivity contribution in [3.8, 4) is 0 Å². The lowest BCUT2D eigenvalue weighted by Crippen LogP contribution is -2.34. The van der Waals surface area contributed by atoms with E-state index in [-0.39, 0.29) is 0 Å². The molecule has 1 amide bonds. The summed E-state index contributed by atoms with van der Waals surface area (Å²) in [5.41, 5.74) is 9.72. The molecule has 0 bridgehead atoms. The van der Waals surface area contributed by atoms with Gasteiger partial charge in [-0.05, 0) is 17.7 Å². The van der Waals surface area contributed by atoms with Gasteiger partial charge in [-0.2, -0.15) is 0 Å². The Hall–Kier alpha value is -2.66. The lowest BCUT2D eigenvalue weighted by molar-refractivity contribution is -0.132. The first-order valence-corrected chi connectivity index (χ1v) is 5.32. The number of hydrogen-bond acceptors (Lipinski definition) is 4. The van der Waals surface area contributed by atoms with Crippen LogP contribution >= 0.6 is 0 Å². The van der Waals surface area contributed by atoms with Crippen molar-refractivity contribution < 1.29 is 9.59 Å². The van der Waals surface area contributed by atoms with Crippen LogP contribution in [0.2, 0.25) is 0 Å². The van der Waals surface area contributed by atoms with Crippen LogP contribution in [0.3, 0.4) is 0 Å². The van der Waals surface area contributed by atoms with E-state index < -0.39 is 11.7 Å². The molecule has 2 heterocycles. The predicted molar refractivity (Wildman–Crippen MR) is 62.7 cm³/mol. The highest BCUT2D eigenvalue weighted by Crippen LogP contribution is 2.30. The summed E-state index contributed by atoms with van der Waals surface area (Å²) in [4.78, 5) is 30.9. The second kappa shape index (κ2) is 3.68. The number of ketones is 1. The minimum Gasteiger partial charge on any atom is -0.368 e. The summed E-state index contributed by atoms with van der Waals surface area (Å²) >= 11 is 0. The second-order valence-corrected chi connectivity index (χ2v) is 4.00. The topological polar surface area (TPSA) is 98.3 Å². The maximum Gasteiger partial charge on any atom is 0.317 e. The van der Waals surface area contributed by atoms with Gasteiger partial charge in [0.2, 0.25) is 5.78 Å². The fraction of sp³-hybridized carbons (Fsp3) is 0.182. The molecule has 1 saturated heterocycles. The van der Waals surface area contributed by atoms with Crippen molar-refractivity contribution >= 4 is 29.1 Å². The number of anilines is 1. The molecular weight excluding hydrogens is 234 g/mol. The lowest BCUT2D eigenvalue weighted by Gasteiger charge is -2.07. The Bertz CT molecular complexity index is 741. The first-order chi connectivity index (χ1) is 8.69. The Morgan fingerprint density at radius 2 is 2.11 bits per heavy atom. The predicted octanol–water partition coefficient (Wildman–Crippen LogP) is -0.0422. The van der Waals surface area contributed by atoms with Gasteiger partial charge in [-0.1, -0.05) is 5.11 Å². The molecule has 88 valence electrons. The van der Waals surface area contributed by atoms with E-state index in [0.717, 1.165) is 18.8 Å². The smallest absolute Gasteiger partial charge is 0.317 e. The highest BCUT2D eigenvalue weighted by molar-refractivity contribution is 6.48. The van der Waals surface area contributed by atoms with Gasteiger partial charge in [0.1, 0.15) is 0 Å². The van der Waals surface area contributed by atoms with E-state index >= 15 is 0 Å². The Morgan fingerprint density at radius 3 is 2.78 bits per heavy atom. The lowest BCUT2D eigenvalue weighted by atomic mass is 10.1. The van der Waals surface area contributed by atoms with Gasteiger partial charge in [0.15, 0.2) is 0 Å². The van der Waals surface area contributed by atoms with E-state index in [0.29, 0.717) is 16.3 Å². The minimum absolute atomic E-state index is 0.443. The highest BCUT2D eigenvalue weighted by atomic mass is 16.2. The zero-order valence-corrected chi connectivity index (χ0v) is 9.20. The molecule has 0 N–H and O–H groups in total. The molecule has 2 aliphatic heterocycles. The quantitative estimate of drug-likeness (QED) is 0.239. The third kappa shape index (κ3) is 1.63. The molecule has 0 unspecified atom stereocenters. The number of fused-ring (bicyclic) bond motifs is 1. The first-order valence-electron chi connectivity index (χ1n) is 5.32. The van der Waals surface area contributed by atoms with Gasteiger partial charge in [-0.3, -0.25) is 9.59 Å². The number of carbonyl (C=O) groups is 2. The van der Waals surface area contributed by atoms with Gasteiger partial charge in [0.05, 0.1) is 11.0 Å². The average molecular weight is 241 g/mol. The number of nitrogens with zero attached hydrogens (tertiary/aromatic N) is 5. The molecule has 1 aromatic rings. The van der Waals surface area contributed by atoms with Crippen LogP contribution in [0.15, 0.2) is 22.2 Å². The van der Waals surface area contributed by atoms with E-state index in [2.05, 4.69) is 15.0 Å². The number of Topliss-reactive ketones (excluding diaryl/α,β-unsaturated/α-hetero) is 1. The Kier molecular flexibility index (Phi) is 2.14. The number of azide groups is 1. The molecule has 0 aromatic heterocycles. The standard InChI is InChI=1S/C11H7N5O2/c12-15-14-8-3-6-4-10(17)11(18)13-7(6)5-9(8)16-1-2-16/h3-5H,1-2H2. The van der Waals surface area contributed by atoms with Crippen molar-refractivity contribution in [3.63, 3.8) is 0 Å². The molecule has 0 saturated carbocycles. The van der Waals surface area contributed by atoms with Crippen LogP contribution in [0.1, 0.15) is 0 Å². The van der Waals surface area contributed by atoms with Crippen molar-refractivity contribution in [1.82, 2.24) is 0 Å². The first kappa shape index (κ1) is 10.5. The van der Waals surface area contributed by atoms with Crippen LogP contribution in [0.5, 0.6) is 0 Å². The summed E-state index contributed by atoms with van der Waals surface area (Å²) in [6, 6.07) is 3.25. The molecule has 2 aliphatic rings. The van der Waals surface area contributed by atoms with Crippen LogP contribution in [-0.4, -0.2) is 24.8 Å². The van der Waals surface area contributed by atoms with Gasteiger partial charge >= 0.3 is 5.91 Å². The van der Waals surface area contributed by atoms with Gasteiger partial charge < -0.3 is 4.90 Å². The van der Waals surface area contributed by atoms with Crippen molar-refractivity contribution in [2.45, 2.75) is 0 Å². The average Bonchev–Trinajstić information content (AvgIpc) is 3.15.